The molecule has 1 aliphatic heterocycles. The Morgan fingerprint density at radius 1 is 1.36 bits per heavy atom. The summed E-state index contributed by atoms with van der Waals surface area (Å²) in [5.41, 5.74) is 2.28. The maximum atomic E-state index is 12.6. The van der Waals surface area contributed by atoms with E-state index in [-0.39, 0.29) is 27.5 Å². The summed E-state index contributed by atoms with van der Waals surface area (Å²) in [6.45, 7) is 7.08. The minimum absolute atomic E-state index is 0.124. The Hall–Kier alpha value is -1.32. The first-order valence-corrected chi connectivity index (χ1v) is 13.9. The van der Waals surface area contributed by atoms with Crippen LogP contribution in [0.3, 0.4) is 0 Å². The zero-order valence-corrected chi connectivity index (χ0v) is 22.3. The van der Waals surface area contributed by atoms with Gasteiger partial charge in [-0.25, -0.2) is 4.98 Å². The van der Waals surface area contributed by atoms with Gasteiger partial charge in [-0.05, 0) is 73.4 Å². The number of piperidine rings is 1. The van der Waals surface area contributed by atoms with Crippen molar-refractivity contribution < 1.29 is 9.59 Å². The second kappa shape index (κ2) is 12.4. The highest BCUT2D eigenvalue weighted by Crippen LogP contribution is 2.25. The van der Waals surface area contributed by atoms with Crippen LogP contribution in [-0.4, -0.2) is 63.9 Å². The summed E-state index contributed by atoms with van der Waals surface area (Å²) in [7, 11) is 0. The number of pyridine rings is 1. The number of thioether (sulfide) groups is 1. The Balaban J connectivity index is 1.47. The van der Waals surface area contributed by atoms with Crippen LogP contribution in [0.5, 0.6) is 0 Å². The minimum Gasteiger partial charge on any atom is -0.352 e. The summed E-state index contributed by atoms with van der Waals surface area (Å²) in [4.78, 5) is 33.6. The number of rotatable bonds is 8. The molecule has 180 valence electrons. The van der Waals surface area contributed by atoms with Gasteiger partial charge >= 0.3 is 0 Å². The number of amides is 2. The van der Waals surface area contributed by atoms with Crippen LogP contribution < -0.4 is 5.32 Å². The zero-order valence-electron chi connectivity index (χ0n) is 19.1. The average molecular weight is 530 g/mol. The molecule has 0 aromatic carbocycles. The van der Waals surface area contributed by atoms with Crippen molar-refractivity contribution in [1.82, 2.24) is 20.1 Å². The van der Waals surface area contributed by atoms with E-state index in [0.717, 1.165) is 32.4 Å². The molecule has 0 saturated carbocycles. The van der Waals surface area contributed by atoms with Gasteiger partial charge in [0.15, 0.2) is 0 Å². The fraction of sp³-hybridized carbons (Fsp3) is 0.522. The van der Waals surface area contributed by atoms with E-state index in [1.165, 1.54) is 17.3 Å². The summed E-state index contributed by atoms with van der Waals surface area (Å²) in [5, 5.41) is 7.66. The molecule has 1 saturated heterocycles. The number of carbonyl (C=O) groups is 2. The first kappa shape index (κ1) is 26.3. The third-order valence-electron chi connectivity index (χ3n) is 6.12. The molecule has 1 fully saturated rings. The van der Waals surface area contributed by atoms with Crippen molar-refractivity contribution in [3.63, 3.8) is 0 Å². The summed E-state index contributed by atoms with van der Waals surface area (Å²) >= 11 is 15.0. The monoisotopic (exact) mass is 528 g/mol. The minimum atomic E-state index is -0.229. The third-order valence-corrected chi connectivity index (χ3v) is 7.90. The fourth-order valence-electron chi connectivity index (χ4n) is 4.21. The quantitative estimate of drug-likeness (QED) is 0.444. The van der Waals surface area contributed by atoms with Crippen molar-refractivity contribution in [2.24, 2.45) is 0 Å². The standard InChI is InChI=1S/C23H30Cl2N4O2S2/c1-15-12-19(24)27-21(25)20(15)22(30)26-8-4-16(2)28-9-5-18(6-10-28)29(23(31)32-3)13-17-7-11-33-14-17/h7,11-12,14,16,18H,4-6,8-10,13H2,1-3H3,(H,26,30)/t16-/m1/s1. The lowest BCUT2D eigenvalue weighted by atomic mass is 10.0. The van der Waals surface area contributed by atoms with E-state index >= 15 is 0 Å². The molecule has 2 amide bonds. The highest BCUT2D eigenvalue weighted by molar-refractivity contribution is 8.12. The molecule has 3 rings (SSSR count). The van der Waals surface area contributed by atoms with Gasteiger partial charge in [-0.2, -0.15) is 11.3 Å². The van der Waals surface area contributed by atoms with Crippen molar-refractivity contribution in [3.8, 4) is 0 Å². The highest BCUT2D eigenvalue weighted by Gasteiger charge is 2.29. The Kier molecular flexibility index (Phi) is 9.88. The first-order valence-electron chi connectivity index (χ1n) is 11.0. The molecule has 1 atom stereocenters. The molecule has 3 heterocycles. The van der Waals surface area contributed by atoms with Crippen LogP contribution in [-0.2, 0) is 6.54 Å². The number of aryl methyl sites for hydroxylation is 1. The lowest BCUT2D eigenvalue weighted by Gasteiger charge is -2.40. The van der Waals surface area contributed by atoms with Crippen LogP contribution in [0.15, 0.2) is 22.9 Å². The number of likely N-dealkylation sites (tertiary alicyclic amines) is 1. The summed E-state index contributed by atoms with van der Waals surface area (Å²) in [6, 6.07) is 4.31. The molecule has 33 heavy (non-hydrogen) atoms. The van der Waals surface area contributed by atoms with Gasteiger partial charge in [0.2, 0.25) is 0 Å². The number of halogens is 2. The van der Waals surface area contributed by atoms with Crippen LogP contribution in [0.1, 0.15) is 47.7 Å². The molecule has 2 aromatic heterocycles. The molecule has 1 N–H and O–H groups in total. The van der Waals surface area contributed by atoms with Gasteiger partial charge in [0.05, 0.1) is 5.56 Å². The molecule has 2 aromatic rings. The van der Waals surface area contributed by atoms with E-state index in [9.17, 15) is 9.59 Å². The van der Waals surface area contributed by atoms with Crippen LogP contribution >= 0.6 is 46.3 Å². The molecule has 1 aliphatic rings. The second-order valence-corrected chi connectivity index (χ2v) is 10.6. The molecule has 0 unspecified atom stereocenters. The average Bonchev–Trinajstić information content (AvgIpc) is 3.29. The Morgan fingerprint density at radius 2 is 2.09 bits per heavy atom. The van der Waals surface area contributed by atoms with Crippen molar-refractivity contribution in [1.29, 1.82) is 0 Å². The topological polar surface area (TPSA) is 65.5 Å². The Labute approximate surface area is 214 Å². The Morgan fingerprint density at radius 3 is 2.70 bits per heavy atom. The normalized spacial score (nSPS) is 15.9. The molecular formula is C23H30Cl2N4O2S2. The molecule has 0 aliphatic carbocycles. The fourth-order valence-corrected chi connectivity index (χ4v) is 5.94. The van der Waals surface area contributed by atoms with Crippen molar-refractivity contribution in [2.75, 3.05) is 25.9 Å². The van der Waals surface area contributed by atoms with Gasteiger partial charge in [0.25, 0.3) is 11.1 Å². The third kappa shape index (κ3) is 7.09. The lowest BCUT2D eigenvalue weighted by Crippen LogP contribution is -2.48. The van der Waals surface area contributed by atoms with Crippen LogP contribution in [0.4, 0.5) is 4.79 Å². The van der Waals surface area contributed by atoms with Gasteiger partial charge in [0.1, 0.15) is 10.3 Å². The van der Waals surface area contributed by atoms with Crippen LogP contribution in [0, 0.1) is 6.92 Å². The van der Waals surface area contributed by atoms with E-state index in [2.05, 4.69) is 39.0 Å². The van der Waals surface area contributed by atoms with E-state index in [1.807, 2.05) is 11.2 Å². The van der Waals surface area contributed by atoms with Crippen molar-refractivity contribution in [3.05, 3.63) is 49.9 Å². The molecule has 0 bridgehead atoms. The largest absolute Gasteiger partial charge is 0.352 e. The zero-order chi connectivity index (χ0) is 24.0. The lowest BCUT2D eigenvalue weighted by molar-refractivity contribution is 0.0926. The van der Waals surface area contributed by atoms with Gasteiger partial charge in [-0.1, -0.05) is 35.0 Å². The van der Waals surface area contributed by atoms with Crippen LogP contribution in [0.25, 0.3) is 0 Å². The van der Waals surface area contributed by atoms with E-state index in [0.29, 0.717) is 30.3 Å². The number of thiophene rings is 1. The van der Waals surface area contributed by atoms with Crippen molar-refractivity contribution in [2.45, 2.75) is 51.7 Å². The molecule has 6 nitrogen and oxygen atoms in total. The summed E-state index contributed by atoms with van der Waals surface area (Å²) < 4.78 is 0. The van der Waals surface area contributed by atoms with Crippen molar-refractivity contribution >= 4 is 57.4 Å². The number of carbonyl (C=O) groups excluding carboxylic acids is 2. The number of aromatic nitrogens is 1. The molecule has 0 radical (unpaired) electrons. The second-order valence-electron chi connectivity index (χ2n) is 8.32. The predicted octanol–water partition coefficient (Wildman–Crippen LogP) is 5.72. The molecule has 10 heteroatoms. The summed E-state index contributed by atoms with van der Waals surface area (Å²) in [6.07, 6.45) is 4.59. The van der Waals surface area contributed by atoms with E-state index in [1.54, 1.807) is 24.3 Å². The van der Waals surface area contributed by atoms with E-state index in [4.69, 9.17) is 23.2 Å². The van der Waals surface area contributed by atoms with Crippen LogP contribution in [0.2, 0.25) is 10.3 Å². The maximum absolute atomic E-state index is 12.6. The van der Waals surface area contributed by atoms with E-state index < -0.39 is 0 Å². The van der Waals surface area contributed by atoms with Gasteiger partial charge in [-0.3, -0.25) is 9.59 Å². The molecule has 0 spiro atoms. The highest BCUT2D eigenvalue weighted by atomic mass is 35.5. The number of nitrogens with zero attached hydrogens (tertiary/aromatic N) is 3. The maximum Gasteiger partial charge on any atom is 0.281 e. The number of hydrogen-bond acceptors (Lipinski definition) is 6. The predicted molar refractivity (Wildman–Crippen MR) is 139 cm³/mol. The number of nitrogens with one attached hydrogen (secondary N) is 1. The van der Waals surface area contributed by atoms with Gasteiger partial charge in [-0.15, -0.1) is 0 Å². The van der Waals surface area contributed by atoms with Gasteiger partial charge < -0.3 is 15.1 Å². The number of hydrogen-bond donors (Lipinski definition) is 1. The Bertz CT molecular complexity index is 927. The molecular weight excluding hydrogens is 499 g/mol. The first-order chi connectivity index (χ1) is 15.8. The van der Waals surface area contributed by atoms with Gasteiger partial charge in [0, 0.05) is 38.3 Å². The SMILES string of the molecule is CSC(=O)N(Cc1ccsc1)C1CCN([C@H](C)CCNC(=O)c2c(C)cc(Cl)nc2Cl)CC1. The smallest absolute Gasteiger partial charge is 0.281 e. The summed E-state index contributed by atoms with van der Waals surface area (Å²) in [5.74, 6) is -0.229.